The smallest absolute Gasteiger partial charge is 0.329 e. The third kappa shape index (κ3) is 3.51. The van der Waals surface area contributed by atoms with Gasteiger partial charge in [-0.15, -0.1) is 0 Å². The highest BCUT2D eigenvalue weighted by atomic mass is 16.4. The number of aromatic nitrogens is 2. The van der Waals surface area contributed by atoms with Crippen molar-refractivity contribution in [2.75, 3.05) is 37.6 Å². The molecule has 0 radical (unpaired) electrons. The molecule has 0 spiro atoms. The molecule has 2 aliphatic heterocycles. The molecule has 10 heteroatoms. The molecule has 0 bridgehead atoms. The normalized spacial score (nSPS) is 20.9. The maximum atomic E-state index is 12.8. The fourth-order valence-electron chi connectivity index (χ4n) is 4.13. The van der Waals surface area contributed by atoms with E-state index in [9.17, 15) is 19.2 Å². The van der Waals surface area contributed by atoms with Crippen LogP contribution >= 0.6 is 0 Å². The number of rotatable bonds is 4. The molecule has 154 valence electrons. The highest BCUT2D eigenvalue weighted by molar-refractivity contribution is 6.00. The number of nitrogens with one attached hydrogen (secondary N) is 1. The number of carboxylic acids is 1. The Kier molecular flexibility index (Phi) is 4.87. The summed E-state index contributed by atoms with van der Waals surface area (Å²) in [5.74, 6) is -1.59. The summed E-state index contributed by atoms with van der Waals surface area (Å²) in [6.45, 7) is 2.73. The lowest BCUT2D eigenvalue weighted by Gasteiger charge is -2.35. The van der Waals surface area contributed by atoms with Gasteiger partial charge in [-0.1, -0.05) is 0 Å². The van der Waals surface area contributed by atoms with E-state index in [0.717, 1.165) is 5.69 Å². The van der Waals surface area contributed by atoms with Crippen molar-refractivity contribution in [2.24, 2.45) is 7.05 Å². The van der Waals surface area contributed by atoms with Crippen molar-refractivity contribution in [3.05, 3.63) is 28.7 Å². The molecule has 0 aliphatic carbocycles. The lowest BCUT2D eigenvalue weighted by Crippen LogP contribution is -2.48. The number of amides is 2. The lowest BCUT2D eigenvalue weighted by atomic mass is 10.1. The van der Waals surface area contributed by atoms with Crippen LogP contribution in [0.4, 0.5) is 5.69 Å². The van der Waals surface area contributed by atoms with Crippen molar-refractivity contribution < 1.29 is 19.5 Å². The van der Waals surface area contributed by atoms with Crippen LogP contribution in [0.5, 0.6) is 0 Å². The Bertz CT molecular complexity index is 1050. The molecule has 1 aromatic carbocycles. The molecular weight excluding hydrogens is 378 g/mol. The number of imide groups is 1. The SMILES string of the molecule is Cn1c(=O)n(C2CCC(=O)NC2=O)c2ccc(N3CCN(CC(=O)O)CC3)cc21. The second-order valence-electron chi connectivity index (χ2n) is 7.51. The molecule has 2 amide bonds. The zero-order valence-corrected chi connectivity index (χ0v) is 16.1. The molecule has 1 aromatic heterocycles. The van der Waals surface area contributed by atoms with Crippen molar-refractivity contribution in [1.82, 2.24) is 19.4 Å². The fraction of sp³-hybridized carbons (Fsp3) is 0.474. The highest BCUT2D eigenvalue weighted by Gasteiger charge is 2.31. The number of piperidine rings is 1. The van der Waals surface area contributed by atoms with E-state index in [4.69, 9.17) is 5.11 Å². The minimum absolute atomic E-state index is 0.0379. The first-order chi connectivity index (χ1) is 13.8. The molecule has 2 N–H and O–H groups in total. The summed E-state index contributed by atoms with van der Waals surface area (Å²) in [5.41, 5.74) is 2.02. The maximum Gasteiger partial charge on any atom is 0.329 e. The Morgan fingerprint density at radius 3 is 2.52 bits per heavy atom. The molecule has 0 saturated carbocycles. The number of carbonyl (C=O) groups is 3. The van der Waals surface area contributed by atoms with Crippen LogP contribution in [0.15, 0.2) is 23.0 Å². The number of piperazine rings is 1. The van der Waals surface area contributed by atoms with Crippen LogP contribution in [0.25, 0.3) is 11.0 Å². The van der Waals surface area contributed by atoms with Gasteiger partial charge in [0.1, 0.15) is 6.04 Å². The number of imidazole rings is 1. The van der Waals surface area contributed by atoms with Crippen molar-refractivity contribution in [1.29, 1.82) is 0 Å². The van der Waals surface area contributed by atoms with Crippen LogP contribution in [0, 0.1) is 0 Å². The summed E-state index contributed by atoms with van der Waals surface area (Å²) in [7, 11) is 1.67. The third-order valence-corrected chi connectivity index (χ3v) is 5.69. The van der Waals surface area contributed by atoms with E-state index in [-0.39, 0.29) is 24.6 Å². The van der Waals surface area contributed by atoms with E-state index >= 15 is 0 Å². The standard InChI is InChI=1S/C19H23N5O5/c1-21-15-10-12(23-8-6-22(7-9-23)11-17(26)27)2-3-13(15)24(19(21)29)14-4-5-16(25)20-18(14)28/h2-3,10,14H,4-9,11H2,1H3,(H,26,27)(H,20,25,28). The van der Waals surface area contributed by atoms with Gasteiger partial charge in [0.15, 0.2) is 0 Å². The Morgan fingerprint density at radius 2 is 1.86 bits per heavy atom. The maximum absolute atomic E-state index is 12.8. The van der Waals surface area contributed by atoms with E-state index in [2.05, 4.69) is 10.2 Å². The molecule has 2 aromatic rings. The van der Waals surface area contributed by atoms with E-state index in [1.54, 1.807) is 7.05 Å². The summed E-state index contributed by atoms with van der Waals surface area (Å²) in [4.78, 5) is 51.5. The number of nitrogens with zero attached hydrogens (tertiary/aromatic N) is 4. The monoisotopic (exact) mass is 401 g/mol. The van der Waals surface area contributed by atoms with Gasteiger partial charge >= 0.3 is 11.7 Å². The molecule has 10 nitrogen and oxygen atoms in total. The second-order valence-corrected chi connectivity index (χ2v) is 7.51. The van der Waals surface area contributed by atoms with Gasteiger partial charge in [-0.2, -0.15) is 0 Å². The Morgan fingerprint density at radius 1 is 1.14 bits per heavy atom. The predicted octanol–water partition coefficient (Wildman–Crippen LogP) is -0.476. The number of carboxylic acid groups (broad SMARTS) is 1. The van der Waals surface area contributed by atoms with Gasteiger partial charge in [0.05, 0.1) is 17.6 Å². The largest absolute Gasteiger partial charge is 0.480 e. The van der Waals surface area contributed by atoms with Crippen molar-refractivity contribution >= 4 is 34.5 Å². The first-order valence-electron chi connectivity index (χ1n) is 9.59. The number of anilines is 1. The molecule has 2 fully saturated rings. The Hall–Kier alpha value is -3.14. The summed E-state index contributed by atoms with van der Waals surface area (Å²) in [6, 6.07) is 4.97. The molecule has 3 heterocycles. The zero-order valence-electron chi connectivity index (χ0n) is 16.1. The van der Waals surface area contributed by atoms with Gasteiger partial charge < -0.3 is 10.0 Å². The number of aryl methyl sites for hydroxylation is 1. The zero-order chi connectivity index (χ0) is 20.7. The number of benzene rings is 1. The number of fused-ring (bicyclic) bond motifs is 1. The molecule has 29 heavy (non-hydrogen) atoms. The Labute approximate surface area is 166 Å². The number of aliphatic carboxylic acids is 1. The van der Waals surface area contributed by atoms with Gasteiger partial charge in [-0.3, -0.25) is 33.7 Å². The Balaban J connectivity index is 1.62. The third-order valence-electron chi connectivity index (χ3n) is 5.69. The molecule has 4 rings (SSSR count). The van der Waals surface area contributed by atoms with Crippen LogP contribution in [-0.2, 0) is 21.4 Å². The van der Waals surface area contributed by atoms with E-state index < -0.39 is 17.9 Å². The predicted molar refractivity (Wildman–Crippen MR) is 105 cm³/mol. The highest BCUT2D eigenvalue weighted by Crippen LogP contribution is 2.26. The van der Waals surface area contributed by atoms with Gasteiger partial charge in [-0.25, -0.2) is 4.79 Å². The van der Waals surface area contributed by atoms with E-state index in [1.165, 1.54) is 9.13 Å². The summed E-state index contributed by atoms with van der Waals surface area (Å²) >= 11 is 0. The van der Waals surface area contributed by atoms with Gasteiger partial charge in [0.25, 0.3) is 0 Å². The summed E-state index contributed by atoms with van der Waals surface area (Å²) < 4.78 is 2.98. The second kappa shape index (κ2) is 7.36. The minimum atomic E-state index is -0.829. The van der Waals surface area contributed by atoms with Gasteiger partial charge in [0, 0.05) is 45.3 Å². The number of hydrogen-bond donors (Lipinski definition) is 2. The molecule has 1 unspecified atom stereocenters. The molecule has 2 aliphatic rings. The van der Waals surface area contributed by atoms with Crippen LogP contribution in [-0.4, -0.2) is 69.6 Å². The first kappa shape index (κ1) is 19.2. The first-order valence-corrected chi connectivity index (χ1v) is 9.59. The van der Waals surface area contributed by atoms with Gasteiger partial charge in [-0.05, 0) is 24.6 Å². The minimum Gasteiger partial charge on any atom is -0.480 e. The van der Waals surface area contributed by atoms with Crippen LogP contribution in [0.3, 0.4) is 0 Å². The van der Waals surface area contributed by atoms with Crippen molar-refractivity contribution in [3.8, 4) is 0 Å². The van der Waals surface area contributed by atoms with E-state index in [1.807, 2.05) is 23.1 Å². The van der Waals surface area contributed by atoms with E-state index in [0.29, 0.717) is 43.6 Å². The number of carbonyl (C=O) groups excluding carboxylic acids is 2. The van der Waals surface area contributed by atoms with Crippen LogP contribution in [0.1, 0.15) is 18.9 Å². The average molecular weight is 401 g/mol. The average Bonchev–Trinajstić information content (AvgIpc) is 2.93. The molecular formula is C19H23N5O5. The fourth-order valence-corrected chi connectivity index (χ4v) is 4.13. The van der Waals surface area contributed by atoms with Crippen molar-refractivity contribution in [3.63, 3.8) is 0 Å². The van der Waals surface area contributed by atoms with Gasteiger partial charge in [0.2, 0.25) is 11.8 Å². The topological polar surface area (TPSA) is 117 Å². The number of hydrogen-bond acceptors (Lipinski definition) is 6. The van der Waals surface area contributed by atoms with Crippen molar-refractivity contribution in [2.45, 2.75) is 18.9 Å². The van der Waals surface area contributed by atoms with Crippen LogP contribution < -0.4 is 15.9 Å². The molecule has 2 saturated heterocycles. The molecule has 1 atom stereocenters. The summed E-state index contributed by atoms with van der Waals surface area (Å²) in [5, 5.41) is 11.2. The van der Waals surface area contributed by atoms with Crippen LogP contribution in [0.2, 0.25) is 0 Å². The quantitative estimate of drug-likeness (QED) is 0.665. The lowest BCUT2D eigenvalue weighted by molar-refractivity contribution is -0.138. The summed E-state index contributed by atoms with van der Waals surface area (Å²) in [6.07, 6.45) is 0.509.